The van der Waals surface area contributed by atoms with Gasteiger partial charge in [0.05, 0.1) is 11.5 Å². The SMILES string of the molecule is COCCNS(=O)(=O)c1ccc(C(=O)NCCN(C(C)C)C(C)C)cc1. The van der Waals surface area contributed by atoms with E-state index in [1.807, 2.05) is 0 Å². The number of methoxy groups -OCH3 is 1. The van der Waals surface area contributed by atoms with Crippen molar-refractivity contribution in [1.82, 2.24) is 14.9 Å². The number of nitrogens with zero attached hydrogens (tertiary/aromatic N) is 1. The number of hydrogen-bond donors (Lipinski definition) is 2. The molecule has 0 fully saturated rings. The Kier molecular flexibility index (Phi) is 9.21. The fourth-order valence-electron chi connectivity index (χ4n) is 2.66. The van der Waals surface area contributed by atoms with Gasteiger partial charge >= 0.3 is 0 Å². The van der Waals surface area contributed by atoms with Gasteiger partial charge in [0.1, 0.15) is 0 Å². The first-order valence-corrected chi connectivity index (χ1v) is 10.3. The summed E-state index contributed by atoms with van der Waals surface area (Å²) in [5.41, 5.74) is 0.432. The summed E-state index contributed by atoms with van der Waals surface area (Å²) in [5, 5.41) is 2.88. The van der Waals surface area contributed by atoms with E-state index in [0.717, 1.165) is 6.54 Å². The quantitative estimate of drug-likeness (QED) is 0.563. The molecule has 0 aliphatic heterocycles. The lowest BCUT2D eigenvalue weighted by Gasteiger charge is -2.30. The number of hydrogen-bond acceptors (Lipinski definition) is 5. The van der Waals surface area contributed by atoms with Gasteiger partial charge in [-0.1, -0.05) is 0 Å². The first-order valence-electron chi connectivity index (χ1n) is 8.81. The maximum Gasteiger partial charge on any atom is 0.251 e. The van der Waals surface area contributed by atoms with Crippen molar-refractivity contribution in [3.8, 4) is 0 Å². The molecular weight excluding hydrogens is 354 g/mol. The number of rotatable bonds is 11. The van der Waals surface area contributed by atoms with Gasteiger partial charge in [-0.05, 0) is 52.0 Å². The number of sulfonamides is 1. The Morgan fingerprint density at radius 1 is 1.08 bits per heavy atom. The molecule has 0 saturated carbocycles. The van der Waals surface area contributed by atoms with Crippen LogP contribution in [0.4, 0.5) is 0 Å². The number of ether oxygens (including phenoxy) is 1. The Morgan fingerprint density at radius 3 is 2.15 bits per heavy atom. The van der Waals surface area contributed by atoms with Crippen LogP contribution >= 0.6 is 0 Å². The highest BCUT2D eigenvalue weighted by Crippen LogP contribution is 2.10. The zero-order chi connectivity index (χ0) is 19.7. The molecule has 1 aromatic carbocycles. The predicted octanol–water partition coefficient (Wildman–Crippen LogP) is 1.46. The molecule has 0 aliphatic carbocycles. The molecule has 2 N–H and O–H groups in total. The van der Waals surface area contributed by atoms with Gasteiger partial charge < -0.3 is 10.1 Å². The summed E-state index contributed by atoms with van der Waals surface area (Å²) in [7, 11) is -2.09. The van der Waals surface area contributed by atoms with Crippen molar-refractivity contribution >= 4 is 15.9 Å². The van der Waals surface area contributed by atoms with Gasteiger partial charge in [0.25, 0.3) is 5.91 Å². The second-order valence-corrected chi connectivity index (χ2v) is 8.36. The molecule has 1 aromatic rings. The summed E-state index contributed by atoms with van der Waals surface area (Å²) in [6.07, 6.45) is 0. The van der Waals surface area contributed by atoms with Crippen LogP contribution in [0, 0.1) is 0 Å². The normalized spacial score (nSPS) is 12.2. The van der Waals surface area contributed by atoms with E-state index in [1.165, 1.54) is 31.4 Å². The minimum atomic E-state index is -3.59. The monoisotopic (exact) mass is 385 g/mol. The maximum absolute atomic E-state index is 12.2. The van der Waals surface area contributed by atoms with Crippen molar-refractivity contribution in [3.05, 3.63) is 29.8 Å². The van der Waals surface area contributed by atoms with Crippen LogP contribution < -0.4 is 10.0 Å². The molecule has 0 saturated heterocycles. The lowest BCUT2D eigenvalue weighted by Crippen LogP contribution is -2.42. The minimum Gasteiger partial charge on any atom is -0.383 e. The summed E-state index contributed by atoms with van der Waals surface area (Å²) >= 11 is 0. The van der Waals surface area contributed by atoms with Crippen molar-refractivity contribution in [1.29, 1.82) is 0 Å². The number of nitrogens with one attached hydrogen (secondary N) is 2. The third kappa shape index (κ3) is 7.03. The fourth-order valence-corrected chi connectivity index (χ4v) is 3.67. The summed E-state index contributed by atoms with van der Waals surface area (Å²) in [6, 6.07) is 6.70. The maximum atomic E-state index is 12.2. The topological polar surface area (TPSA) is 87.7 Å². The Balaban J connectivity index is 2.61. The summed E-state index contributed by atoms with van der Waals surface area (Å²) in [6.45, 7) is 10.3. The average Bonchev–Trinajstić information content (AvgIpc) is 2.58. The largest absolute Gasteiger partial charge is 0.383 e. The zero-order valence-electron chi connectivity index (χ0n) is 16.3. The van der Waals surface area contributed by atoms with Gasteiger partial charge in [0.2, 0.25) is 10.0 Å². The van der Waals surface area contributed by atoms with Gasteiger partial charge in [0.15, 0.2) is 0 Å². The molecule has 1 amide bonds. The third-order valence-corrected chi connectivity index (χ3v) is 5.48. The zero-order valence-corrected chi connectivity index (χ0v) is 17.1. The molecule has 1 rings (SSSR count). The van der Waals surface area contributed by atoms with Crippen LogP contribution in [0.25, 0.3) is 0 Å². The molecule has 26 heavy (non-hydrogen) atoms. The Bertz CT molecular complexity index is 650. The summed E-state index contributed by atoms with van der Waals surface area (Å²) < 4.78 is 31.4. The molecule has 0 unspecified atom stereocenters. The van der Waals surface area contributed by atoms with Crippen LogP contribution in [-0.4, -0.2) is 64.7 Å². The molecule has 0 aliphatic rings. The van der Waals surface area contributed by atoms with E-state index in [0.29, 0.717) is 30.8 Å². The highest BCUT2D eigenvalue weighted by molar-refractivity contribution is 7.89. The lowest BCUT2D eigenvalue weighted by atomic mass is 10.2. The average molecular weight is 386 g/mol. The van der Waals surface area contributed by atoms with Crippen molar-refractivity contribution in [2.45, 2.75) is 44.7 Å². The number of carbonyl (C=O) groups is 1. The van der Waals surface area contributed by atoms with E-state index in [1.54, 1.807) is 0 Å². The van der Waals surface area contributed by atoms with Gasteiger partial charge in [-0.15, -0.1) is 0 Å². The number of benzene rings is 1. The standard InChI is InChI=1S/C18H31N3O4S/c1-14(2)21(15(3)4)12-10-19-18(22)16-6-8-17(9-7-16)26(23,24)20-11-13-25-5/h6-9,14-15,20H,10-13H2,1-5H3,(H,19,22). The van der Waals surface area contributed by atoms with E-state index in [9.17, 15) is 13.2 Å². The van der Waals surface area contributed by atoms with Crippen molar-refractivity contribution in [3.63, 3.8) is 0 Å². The van der Waals surface area contributed by atoms with Crippen molar-refractivity contribution in [2.24, 2.45) is 0 Å². The first-order chi connectivity index (χ1) is 12.2. The van der Waals surface area contributed by atoms with Gasteiger partial charge in [-0.2, -0.15) is 0 Å². The van der Waals surface area contributed by atoms with E-state index in [4.69, 9.17) is 4.74 Å². The number of carbonyl (C=O) groups excluding carboxylic acids is 1. The van der Waals surface area contributed by atoms with Crippen molar-refractivity contribution < 1.29 is 17.9 Å². The summed E-state index contributed by atoms with van der Waals surface area (Å²) in [4.78, 5) is 14.6. The van der Waals surface area contributed by atoms with Crippen LogP contribution in [0.5, 0.6) is 0 Å². The first kappa shape index (κ1) is 22.6. The lowest BCUT2D eigenvalue weighted by molar-refractivity contribution is 0.0939. The van der Waals surface area contributed by atoms with Crippen LogP contribution in [0.1, 0.15) is 38.1 Å². The van der Waals surface area contributed by atoms with Crippen LogP contribution in [0.3, 0.4) is 0 Å². The molecule has 0 atom stereocenters. The van der Waals surface area contributed by atoms with Crippen molar-refractivity contribution in [2.75, 3.05) is 33.4 Å². The van der Waals surface area contributed by atoms with Crippen LogP contribution in [0.15, 0.2) is 29.2 Å². The molecule has 0 aromatic heterocycles. The molecular formula is C18H31N3O4S. The Hall–Kier alpha value is -1.48. The van der Waals surface area contributed by atoms with E-state index >= 15 is 0 Å². The van der Waals surface area contributed by atoms with E-state index in [2.05, 4.69) is 42.6 Å². The molecule has 0 spiro atoms. The molecule has 0 radical (unpaired) electrons. The van der Waals surface area contributed by atoms with Gasteiger partial charge in [-0.25, -0.2) is 13.1 Å². The minimum absolute atomic E-state index is 0.121. The van der Waals surface area contributed by atoms with E-state index in [-0.39, 0.29) is 17.3 Å². The van der Waals surface area contributed by atoms with Gasteiger partial charge in [0, 0.05) is 44.4 Å². The van der Waals surface area contributed by atoms with Crippen LogP contribution in [0.2, 0.25) is 0 Å². The molecule has 8 heteroatoms. The second kappa shape index (κ2) is 10.6. The smallest absolute Gasteiger partial charge is 0.251 e. The third-order valence-electron chi connectivity index (χ3n) is 4.01. The van der Waals surface area contributed by atoms with E-state index < -0.39 is 10.0 Å². The molecule has 0 heterocycles. The fraction of sp³-hybridized carbons (Fsp3) is 0.611. The predicted molar refractivity (Wildman–Crippen MR) is 103 cm³/mol. The Labute approximate surface area is 157 Å². The van der Waals surface area contributed by atoms with Crippen LogP contribution in [-0.2, 0) is 14.8 Å². The molecule has 7 nitrogen and oxygen atoms in total. The highest BCUT2D eigenvalue weighted by atomic mass is 32.2. The Morgan fingerprint density at radius 2 is 1.65 bits per heavy atom. The number of amides is 1. The summed E-state index contributed by atoms with van der Waals surface area (Å²) in [5.74, 6) is -0.214. The molecule has 0 bridgehead atoms. The second-order valence-electron chi connectivity index (χ2n) is 6.60. The highest BCUT2D eigenvalue weighted by Gasteiger charge is 2.15. The van der Waals surface area contributed by atoms with Gasteiger partial charge in [-0.3, -0.25) is 9.69 Å². The molecule has 148 valence electrons.